The fraction of sp³-hybridized carbons (Fsp3) is 0.364. The Morgan fingerprint density at radius 2 is 1.71 bits per heavy atom. The number of hydrogen-bond acceptors (Lipinski definition) is 4. The van der Waals surface area contributed by atoms with E-state index < -0.39 is 0 Å². The zero-order valence-corrected chi connectivity index (χ0v) is 16.4. The van der Waals surface area contributed by atoms with Crippen molar-refractivity contribution in [2.24, 2.45) is 5.92 Å². The van der Waals surface area contributed by atoms with Gasteiger partial charge in [0.25, 0.3) is 0 Å². The molecule has 28 heavy (non-hydrogen) atoms. The summed E-state index contributed by atoms with van der Waals surface area (Å²) in [6.45, 7) is 3.25. The molecule has 1 heterocycles. The lowest BCUT2D eigenvalue weighted by Crippen LogP contribution is -2.41. The van der Waals surface area contributed by atoms with Crippen LogP contribution in [0.1, 0.15) is 19.8 Å². The lowest BCUT2D eigenvalue weighted by Gasteiger charge is -2.31. The maximum Gasteiger partial charge on any atom is 0.409 e. The Labute approximate surface area is 166 Å². The summed E-state index contributed by atoms with van der Waals surface area (Å²) >= 11 is 0. The molecule has 2 aromatic rings. The largest absolute Gasteiger partial charge is 0.450 e. The number of nitrogens with zero attached hydrogens (tertiary/aromatic N) is 2. The Bertz CT molecular complexity index is 802. The molecule has 0 bridgehead atoms. The third-order valence-corrected chi connectivity index (χ3v) is 5.06. The van der Waals surface area contributed by atoms with Crippen molar-refractivity contribution in [2.45, 2.75) is 19.8 Å². The van der Waals surface area contributed by atoms with Crippen LogP contribution in [-0.2, 0) is 9.53 Å². The second-order valence-electron chi connectivity index (χ2n) is 6.86. The van der Waals surface area contributed by atoms with Crippen molar-refractivity contribution < 1.29 is 14.3 Å². The summed E-state index contributed by atoms with van der Waals surface area (Å²) in [5.41, 5.74) is 2.77. The van der Waals surface area contributed by atoms with Gasteiger partial charge in [-0.05, 0) is 44.0 Å². The molecular weight excluding hydrogens is 354 g/mol. The van der Waals surface area contributed by atoms with Gasteiger partial charge in [0.15, 0.2) is 0 Å². The van der Waals surface area contributed by atoms with Crippen LogP contribution in [-0.4, -0.2) is 43.6 Å². The fourth-order valence-electron chi connectivity index (χ4n) is 3.44. The number of nitrogens with one attached hydrogen (secondary N) is 1. The van der Waals surface area contributed by atoms with Gasteiger partial charge in [0.05, 0.1) is 18.0 Å². The molecule has 0 aromatic heterocycles. The third-order valence-electron chi connectivity index (χ3n) is 5.06. The number of amides is 2. The van der Waals surface area contributed by atoms with Gasteiger partial charge in [-0.25, -0.2) is 4.79 Å². The minimum Gasteiger partial charge on any atom is -0.450 e. The summed E-state index contributed by atoms with van der Waals surface area (Å²) in [7, 11) is 1.98. The van der Waals surface area contributed by atoms with Crippen molar-refractivity contribution in [3.05, 3.63) is 54.6 Å². The number of piperidine rings is 1. The van der Waals surface area contributed by atoms with Crippen LogP contribution in [0.5, 0.6) is 0 Å². The average Bonchev–Trinajstić information content (AvgIpc) is 2.74. The van der Waals surface area contributed by atoms with E-state index in [0.717, 1.165) is 17.1 Å². The predicted molar refractivity (Wildman–Crippen MR) is 111 cm³/mol. The minimum atomic E-state index is -0.295. The van der Waals surface area contributed by atoms with Crippen LogP contribution < -0.4 is 10.2 Å². The summed E-state index contributed by atoms with van der Waals surface area (Å²) in [6.07, 6.45) is 0.985. The Kier molecular flexibility index (Phi) is 6.53. The van der Waals surface area contributed by atoms with Crippen LogP contribution in [0, 0.1) is 5.92 Å². The van der Waals surface area contributed by atoms with Gasteiger partial charge in [-0.2, -0.15) is 0 Å². The number of carbonyl (C=O) groups is 2. The van der Waals surface area contributed by atoms with Gasteiger partial charge in [-0.3, -0.25) is 4.79 Å². The molecule has 1 N–H and O–H groups in total. The quantitative estimate of drug-likeness (QED) is 0.841. The second-order valence-corrected chi connectivity index (χ2v) is 6.86. The summed E-state index contributed by atoms with van der Waals surface area (Å²) in [5.74, 6) is -0.113. The zero-order valence-electron chi connectivity index (χ0n) is 16.4. The molecule has 3 rings (SSSR count). The van der Waals surface area contributed by atoms with E-state index in [1.165, 1.54) is 0 Å². The maximum atomic E-state index is 12.8. The first kappa shape index (κ1) is 19.7. The summed E-state index contributed by atoms with van der Waals surface area (Å²) < 4.78 is 5.04. The van der Waals surface area contributed by atoms with E-state index in [2.05, 4.69) is 10.2 Å². The van der Waals surface area contributed by atoms with Crippen LogP contribution in [0.25, 0.3) is 0 Å². The number of rotatable bonds is 5. The molecule has 1 aliphatic rings. The summed E-state index contributed by atoms with van der Waals surface area (Å²) in [4.78, 5) is 28.4. The third kappa shape index (κ3) is 4.63. The lowest BCUT2D eigenvalue weighted by atomic mass is 9.96. The zero-order chi connectivity index (χ0) is 19.9. The number of carbonyl (C=O) groups excluding carboxylic acids is 2. The summed E-state index contributed by atoms with van der Waals surface area (Å²) in [6, 6.07) is 17.8. The van der Waals surface area contributed by atoms with E-state index in [1.54, 1.807) is 11.8 Å². The molecule has 2 amide bonds. The predicted octanol–water partition coefficient (Wildman–Crippen LogP) is 4.26. The smallest absolute Gasteiger partial charge is 0.409 e. The highest BCUT2D eigenvalue weighted by Crippen LogP contribution is 2.31. The van der Waals surface area contributed by atoms with E-state index in [-0.39, 0.29) is 17.9 Å². The van der Waals surface area contributed by atoms with Gasteiger partial charge in [0.2, 0.25) is 5.91 Å². The van der Waals surface area contributed by atoms with Crippen molar-refractivity contribution >= 4 is 29.1 Å². The Morgan fingerprint density at radius 3 is 2.39 bits per heavy atom. The van der Waals surface area contributed by atoms with Gasteiger partial charge in [0, 0.05) is 31.7 Å². The first-order chi connectivity index (χ1) is 13.6. The highest BCUT2D eigenvalue weighted by Gasteiger charge is 2.28. The number of hydrogen-bond donors (Lipinski definition) is 1. The van der Waals surface area contributed by atoms with Crippen molar-refractivity contribution in [3.63, 3.8) is 0 Å². The van der Waals surface area contributed by atoms with Crippen molar-refractivity contribution in [1.82, 2.24) is 4.90 Å². The lowest BCUT2D eigenvalue weighted by molar-refractivity contribution is -0.121. The molecule has 1 aliphatic heterocycles. The number of para-hydroxylation sites is 3. The molecule has 0 atom stereocenters. The molecule has 2 aromatic carbocycles. The van der Waals surface area contributed by atoms with Crippen LogP contribution in [0.2, 0.25) is 0 Å². The first-order valence-corrected chi connectivity index (χ1v) is 9.70. The Morgan fingerprint density at radius 1 is 1.07 bits per heavy atom. The SMILES string of the molecule is CCOC(=O)N1CCC(C(=O)Nc2ccccc2N(C)c2ccccc2)CC1. The topological polar surface area (TPSA) is 61.9 Å². The summed E-state index contributed by atoms with van der Waals surface area (Å²) in [5, 5.41) is 3.08. The van der Waals surface area contributed by atoms with Crippen LogP contribution in [0.3, 0.4) is 0 Å². The molecule has 6 heteroatoms. The normalized spacial score (nSPS) is 14.4. The first-order valence-electron chi connectivity index (χ1n) is 9.70. The number of ether oxygens (including phenoxy) is 1. The van der Waals surface area contributed by atoms with E-state index in [0.29, 0.717) is 32.5 Å². The molecule has 148 valence electrons. The number of likely N-dealkylation sites (tertiary alicyclic amines) is 1. The van der Waals surface area contributed by atoms with E-state index >= 15 is 0 Å². The van der Waals surface area contributed by atoms with E-state index in [9.17, 15) is 9.59 Å². The van der Waals surface area contributed by atoms with E-state index in [4.69, 9.17) is 4.74 Å². The van der Waals surface area contributed by atoms with Gasteiger partial charge >= 0.3 is 6.09 Å². The molecule has 0 spiro atoms. The van der Waals surface area contributed by atoms with Gasteiger partial charge in [-0.1, -0.05) is 30.3 Å². The van der Waals surface area contributed by atoms with E-state index in [1.807, 2.05) is 61.6 Å². The second kappa shape index (κ2) is 9.26. The maximum absolute atomic E-state index is 12.8. The molecule has 6 nitrogen and oxygen atoms in total. The number of benzene rings is 2. The highest BCUT2D eigenvalue weighted by molar-refractivity contribution is 5.96. The molecule has 0 saturated carbocycles. The average molecular weight is 381 g/mol. The van der Waals surface area contributed by atoms with Gasteiger partial charge in [-0.15, -0.1) is 0 Å². The van der Waals surface area contributed by atoms with Crippen molar-refractivity contribution in [2.75, 3.05) is 37.0 Å². The van der Waals surface area contributed by atoms with Gasteiger partial charge < -0.3 is 19.9 Å². The molecule has 0 radical (unpaired) electrons. The Hall–Kier alpha value is -3.02. The van der Waals surface area contributed by atoms with Gasteiger partial charge in [0.1, 0.15) is 0 Å². The van der Waals surface area contributed by atoms with Crippen molar-refractivity contribution in [1.29, 1.82) is 0 Å². The standard InChI is InChI=1S/C22H27N3O3/c1-3-28-22(27)25-15-13-17(14-16-25)21(26)23-19-11-7-8-12-20(19)24(2)18-9-5-4-6-10-18/h4-12,17H,3,13-16H2,1-2H3,(H,23,26). The molecule has 0 unspecified atom stereocenters. The number of anilines is 3. The monoisotopic (exact) mass is 381 g/mol. The molecule has 1 saturated heterocycles. The van der Waals surface area contributed by atoms with Crippen LogP contribution >= 0.6 is 0 Å². The Balaban J connectivity index is 1.65. The van der Waals surface area contributed by atoms with Crippen LogP contribution in [0.4, 0.5) is 21.9 Å². The molecular formula is C22H27N3O3. The minimum absolute atomic E-state index is 0.00239. The molecule has 1 fully saturated rings. The fourth-order valence-corrected chi connectivity index (χ4v) is 3.44. The van der Waals surface area contributed by atoms with Crippen molar-refractivity contribution in [3.8, 4) is 0 Å². The van der Waals surface area contributed by atoms with Crippen LogP contribution in [0.15, 0.2) is 54.6 Å². The molecule has 0 aliphatic carbocycles. The highest BCUT2D eigenvalue weighted by atomic mass is 16.6.